The Morgan fingerprint density at radius 1 is 1.33 bits per heavy atom. The third-order valence-electron chi connectivity index (χ3n) is 3.24. The van der Waals surface area contributed by atoms with Gasteiger partial charge in [-0.25, -0.2) is 0 Å². The van der Waals surface area contributed by atoms with E-state index in [9.17, 15) is 0 Å². The molecule has 0 amide bonds. The van der Waals surface area contributed by atoms with E-state index in [2.05, 4.69) is 40.5 Å². The summed E-state index contributed by atoms with van der Waals surface area (Å²) in [6.07, 6.45) is 4.63. The van der Waals surface area contributed by atoms with E-state index in [0.717, 1.165) is 24.4 Å². The predicted octanol–water partition coefficient (Wildman–Crippen LogP) is 3.44. The van der Waals surface area contributed by atoms with Crippen molar-refractivity contribution in [3.8, 4) is 11.4 Å². The lowest BCUT2D eigenvalue weighted by Crippen LogP contribution is -2.19. The second kappa shape index (κ2) is 5.02. The second-order valence-electron chi connectivity index (χ2n) is 5.19. The summed E-state index contributed by atoms with van der Waals surface area (Å²) >= 11 is 5.32. The minimum atomic E-state index is 0.198. The summed E-state index contributed by atoms with van der Waals surface area (Å²) in [5, 5.41) is 7.20. The molecule has 0 saturated carbocycles. The number of nitrogens with one attached hydrogen (secondary N) is 1. The SMILES string of the molecule is CCC(C)(C)Cn1c(-c2ccncc2)n[nH]c1=S. The van der Waals surface area contributed by atoms with E-state index in [4.69, 9.17) is 12.2 Å². The third-order valence-corrected chi connectivity index (χ3v) is 3.55. The topological polar surface area (TPSA) is 46.5 Å². The van der Waals surface area contributed by atoms with Crippen LogP contribution in [-0.2, 0) is 6.54 Å². The van der Waals surface area contributed by atoms with Crippen LogP contribution in [0.4, 0.5) is 0 Å². The maximum atomic E-state index is 5.32. The molecule has 0 fully saturated rings. The van der Waals surface area contributed by atoms with Gasteiger partial charge in [-0.15, -0.1) is 0 Å². The second-order valence-corrected chi connectivity index (χ2v) is 5.58. The highest BCUT2D eigenvalue weighted by Crippen LogP contribution is 2.25. The lowest BCUT2D eigenvalue weighted by molar-refractivity contribution is 0.294. The van der Waals surface area contributed by atoms with Gasteiger partial charge in [0.1, 0.15) is 0 Å². The zero-order valence-electron chi connectivity index (χ0n) is 11.0. The van der Waals surface area contributed by atoms with Gasteiger partial charge >= 0.3 is 0 Å². The summed E-state index contributed by atoms with van der Waals surface area (Å²) in [4.78, 5) is 4.02. The van der Waals surface area contributed by atoms with Gasteiger partial charge in [0.15, 0.2) is 10.6 Å². The quantitative estimate of drug-likeness (QED) is 0.859. The fourth-order valence-corrected chi connectivity index (χ4v) is 1.92. The van der Waals surface area contributed by atoms with Crippen LogP contribution in [0.2, 0.25) is 0 Å². The van der Waals surface area contributed by atoms with E-state index in [1.165, 1.54) is 0 Å². The fraction of sp³-hybridized carbons (Fsp3) is 0.462. The molecule has 2 aromatic heterocycles. The Kier molecular flexibility index (Phi) is 3.61. The van der Waals surface area contributed by atoms with Crippen molar-refractivity contribution in [1.82, 2.24) is 19.7 Å². The van der Waals surface area contributed by atoms with Crippen molar-refractivity contribution in [2.45, 2.75) is 33.7 Å². The zero-order chi connectivity index (χ0) is 13.2. The van der Waals surface area contributed by atoms with E-state index in [-0.39, 0.29) is 5.41 Å². The highest BCUT2D eigenvalue weighted by atomic mass is 32.1. The lowest BCUT2D eigenvalue weighted by Gasteiger charge is -2.23. The van der Waals surface area contributed by atoms with Crippen LogP contribution in [0.25, 0.3) is 11.4 Å². The number of hydrogen-bond acceptors (Lipinski definition) is 3. The monoisotopic (exact) mass is 262 g/mol. The summed E-state index contributed by atoms with van der Waals surface area (Å²) in [5.41, 5.74) is 1.23. The summed E-state index contributed by atoms with van der Waals surface area (Å²) in [6.45, 7) is 7.52. The Hall–Kier alpha value is -1.49. The Bertz CT molecular complexity index is 568. The van der Waals surface area contributed by atoms with Crippen LogP contribution < -0.4 is 0 Å². The van der Waals surface area contributed by atoms with Crippen LogP contribution in [0.3, 0.4) is 0 Å². The van der Waals surface area contributed by atoms with Gasteiger partial charge in [0.05, 0.1) is 0 Å². The molecular formula is C13H18N4S. The van der Waals surface area contributed by atoms with Gasteiger partial charge in [-0.05, 0) is 36.2 Å². The van der Waals surface area contributed by atoms with Gasteiger partial charge in [0, 0.05) is 24.5 Å². The van der Waals surface area contributed by atoms with Gasteiger partial charge < -0.3 is 0 Å². The molecule has 0 spiro atoms. The zero-order valence-corrected chi connectivity index (χ0v) is 11.8. The molecule has 0 aliphatic heterocycles. The van der Waals surface area contributed by atoms with E-state index in [1.54, 1.807) is 12.4 Å². The average Bonchev–Trinajstić information content (AvgIpc) is 2.72. The predicted molar refractivity (Wildman–Crippen MR) is 74.7 cm³/mol. The van der Waals surface area contributed by atoms with Crippen molar-refractivity contribution in [2.75, 3.05) is 0 Å². The molecule has 2 heterocycles. The molecule has 0 unspecified atom stereocenters. The Morgan fingerprint density at radius 2 is 2.00 bits per heavy atom. The number of rotatable bonds is 4. The summed E-state index contributed by atoms with van der Waals surface area (Å²) in [6, 6.07) is 3.89. The van der Waals surface area contributed by atoms with Crippen molar-refractivity contribution >= 4 is 12.2 Å². The molecule has 0 saturated heterocycles. The van der Waals surface area contributed by atoms with E-state index in [1.807, 2.05) is 12.1 Å². The average molecular weight is 262 g/mol. The molecule has 5 heteroatoms. The van der Waals surface area contributed by atoms with Gasteiger partial charge in [0.25, 0.3) is 0 Å². The van der Waals surface area contributed by atoms with Crippen LogP contribution >= 0.6 is 12.2 Å². The van der Waals surface area contributed by atoms with Gasteiger partial charge in [-0.3, -0.25) is 14.6 Å². The molecule has 1 N–H and O–H groups in total. The van der Waals surface area contributed by atoms with E-state index in [0.29, 0.717) is 4.77 Å². The minimum Gasteiger partial charge on any atom is -0.300 e. The largest absolute Gasteiger partial charge is 0.300 e. The molecule has 96 valence electrons. The van der Waals surface area contributed by atoms with E-state index < -0.39 is 0 Å². The Labute approximate surface area is 112 Å². The molecule has 18 heavy (non-hydrogen) atoms. The van der Waals surface area contributed by atoms with Gasteiger partial charge in [-0.2, -0.15) is 5.10 Å². The van der Waals surface area contributed by atoms with Crippen molar-refractivity contribution in [2.24, 2.45) is 5.41 Å². The summed E-state index contributed by atoms with van der Waals surface area (Å²) in [5.74, 6) is 0.879. The van der Waals surface area contributed by atoms with Crippen LogP contribution in [0.5, 0.6) is 0 Å². The van der Waals surface area contributed by atoms with Crippen molar-refractivity contribution in [1.29, 1.82) is 0 Å². The van der Waals surface area contributed by atoms with Crippen molar-refractivity contribution in [3.05, 3.63) is 29.3 Å². The fourth-order valence-electron chi connectivity index (χ4n) is 1.73. The maximum Gasteiger partial charge on any atom is 0.195 e. The lowest BCUT2D eigenvalue weighted by atomic mass is 9.90. The smallest absolute Gasteiger partial charge is 0.195 e. The van der Waals surface area contributed by atoms with Crippen LogP contribution in [0.1, 0.15) is 27.2 Å². The maximum absolute atomic E-state index is 5.32. The number of pyridine rings is 1. The van der Waals surface area contributed by atoms with Gasteiger partial charge in [-0.1, -0.05) is 20.8 Å². The first-order chi connectivity index (χ1) is 8.53. The highest BCUT2D eigenvalue weighted by Gasteiger charge is 2.19. The Morgan fingerprint density at radius 3 is 2.61 bits per heavy atom. The van der Waals surface area contributed by atoms with Crippen LogP contribution in [0, 0.1) is 10.2 Å². The standard InChI is InChI=1S/C13H18N4S/c1-4-13(2,3)9-17-11(15-16-12(17)18)10-5-7-14-8-6-10/h5-8H,4,9H2,1-3H3,(H,16,18). The first-order valence-electron chi connectivity index (χ1n) is 6.09. The van der Waals surface area contributed by atoms with Crippen molar-refractivity contribution in [3.63, 3.8) is 0 Å². The molecular weight excluding hydrogens is 244 g/mol. The number of aromatic nitrogens is 4. The number of H-pyrrole nitrogens is 1. The molecule has 2 rings (SSSR count). The first-order valence-corrected chi connectivity index (χ1v) is 6.50. The number of aromatic amines is 1. The van der Waals surface area contributed by atoms with Crippen LogP contribution in [0.15, 0.2) is 24.5 Å². The third kappa shape index (κ3) is 2.67. The van der Waals surface area contributed by atoms with Gasteiger partial charge in [0.2, 0.25) is 0 Å². The molecule has 0 aromatic carbocycles. The molecule has 0 bridgehead atoms. The molecule has 0 radical (unpaired) electrons. The number of nitrogens with zero attached hydrogens (tertiary/aromatic N) is 3. The normalized spacial score (nSPS) is 11.7. The summed E-state index contributed by atoms with van der Waals surface area (Å²) < 4.78 is 2.73. The Balaban J connectivity index is 2.43. The molecule has 2 aromatic rings. The van der Waals surface area contributed by atoms with Crippen molar-refractivity contribution < 1.29 is 0 Å². The molecule has 0 aliphatic carbocycles. The summed E-state index contributed by atoms with van der Waals surface area (Å²) in [7, 11) is 0. The highest BCUT2D eigenvalue weighted by molar-refractivity contribution is 7.71. The van der Waals surface area contributed by atoms with Crippen LogP contribution in [-0.4, -0.2) is 19.7 Å². The minimum absolute atomic E-state index is 0.198. The molecule has 4 nitrogen and oxygen atoms in total. The molecule has 0 atom stereocenters. The molecule has 0 aliphatic rings. The van der Waals surface area contributed by atoms with E-state index >= 15 is 0 Å². The number of hydrogen-bond donors (Lipinski definition) is 1. The first kappa shape index (κ1) is 13.0.